The van der Waals surface area contributed by atoms with Crippen LogP contribution in [0.4, 0.5) is 5.69 Å². The number of Topliss-reactive ketones (excluding diaryl/α,β-unsaturated/α-hetero) is 1. The summed E-state index contributed by atoms with van der Waals surface area (Å²) in [5, 5.41) is 3.38. The van der Waals surface area contributed by atoms with Crippen LogP contribution in [0.25, 0.3) is 0 Å². The Kier molecular flexibility index (Phi) is 2.92. The third-order valence-corrected chi connectivity index (χ3v) is 4.38. The van der Waals surface area contributed by atoms with Crippen molar-refractivity contribution in [3.63, 3.8) is 0 Å². The number of para-hydroxylation sites is 1. The van der Waals surface area contributed by atoms with Gasteiger partial charge in [0.2, 0.25) is 0 Å². The Morgan fingerprint density at radius 2 is 2.14 bits per heavy atom. The normalized spacial score (nSPS) is 18.6. The lowest BCUT2D eigenvalue weighted by Gasteiger charge is -2.10. The number of ether oxygens (including phenoxy) is 1. The number of fused-ring (bicyclic) bond motifs is 2. The molecule has 0 aromatic heterocycles. The zero-order valence-corrected chi connectivity index (χ0v) is 11.8. The number of benzene rings is 2. The Morgan fingerprint density at radius 3 is 3.10 bits per heavy atom. The van der Waals surface area contributed by atoms with Gasteiger partial charge in [-0.05, 0) is 35.4 Å². The fourth-order valence-electron chi connectivity index (χ4n) is 3.24. The van der Waals surface area contributed by atoms with Crippen LogP contribution in [0.15, 0.2) is 42.5 Å². The lowest BCUT2D eigenvalue weighted by atomic mass is 9.92. The van der Waals surface area contributed by atoms with E-state index >= 15 is 0 Å². The zero-order valence-electron chi connectivity index (χ0n) is 11.8. The van der Waals surface area contributed by atoms with Gasteiger partial charge in [0.05, 0.1) is 6.61 Å². The number of anilines is 1. The molecule has 0 radical (unpaired) electrons. The van der Waals surface area contributed by atoms with Crippen molar-refractivity contribution in [2.45, 2.75) is 18.8 Å². The maximum atomic E-state index is 12.5. The summed E-state index contributed by atoms with van der Waals surface area (Å²) < 4.78 is 5.49. The molecule has 0 fully saturated rings. The molecule has 2 aromatic rings. The Hall–Kier alpha value is -2.29. The van der Waals surface area contributed by atoms with Gasteiger partial charge in [-0.1, -0.05) is 18.2 Å². The molecule has 4 rings (SSSR count). The number of ketones is 1. The molecule has 2 aromatic carbocycles. The molecule has 1 atom stereocenters. The summed E-state index contributed by atoms with van der Waals surface area (Å²) in [5.74, 6) is 1.42. The molecule has 1 unspecified atom stereocenters. The van der Waals surface area contributed by atoms with Crippen LogP contribution < -0.4 is 10.1 Å². The lowest BCUT2D eigenvalue weighted by molar-refractivity contribution is 0.0975. The maximum Gasteiger partial charge on any atom is 0.163 e. The molecule has 21 heavy (non-hydrogen) atoms. The average Bonchev–Trinajstić information content (AvgIpc) is 3.13. The van der Waals surface area contributed by atoms with Crippen LogP contribution in [0.3, 0.4) is 0 Å². The molecule has 1 N–H and O–H groups in total. The monoisotopic (exact) mass is 279 g/mol. The molecule has 0 spiro atoms. The summed E-state index contributed by atoms with van der Waals surface area (Å²) in [4.78, 5) is 12.5. The number of rotatable bonds is 3. The highest BCUT2D eigenvalue weighted by atomic mass is 16.5. The van der Waals surface area contributed by atoms with Crippen molar-refractivity contribution < 1.29 is 9.53 Å². The molecule has 2 aliphatic rings. The number of hydrogen-bond acceptors (Lipinski definition) is 3. The Morgan fingerprint density at radius 1 is 1.24 bits per heavy atom. The molecule has 3 nitrogen and oxygen atoms in total. The van der Waals surface area contributed by atoms with E-state index in [0.717, 1.165) is 42.1 Å². The minimum Gasteiger partial charge on any atom is -0.493 e. The van der Waals surface area contributed by atoms with Gasteiger partial charge in [0.1, 0.15) is 5.75 Å². The van der Waals surface area contributed by atoms with Gasteiger partial charge in [-0.3, -0.25) is 4.79 Å². The Balaban J connectivity index is 1.54. The van der Waals surface area contributed by atoms with Gasteiger partial charge in [-0.2, -0.15) is 0 Å². The first-order valence-electron chi connectivity index (χ1n) is 7.43. The van der Waals surface area contributed by atoms with Crippen molar-refractivity contribution in [3.8, 4) is 5.75 Å². The van der Waals surface area contributed by atoms with Gasteiger partial charge >= 0.3 is 0 Å². The van der Waals surface area contributed by atoms with Crippen LogP contribution in [0.1, 0.15) is 33.8 Å². The highest BCUT2D eigenvalue weighted by Crippen LogP contribution is 2.34. The van der Waals surface area contributed by atoms with E-state index in [1.165, 1.54) is 5.56 Å². The van der Waals surface area contributed by atoms with E-state index < -0.39 is 0 Å². The number of nitrogens with one attached hydrogen (secondary N) is 1. The molecule has 2 heterocycles. The van der Waals surface area contributed by atoms with E-state index in [2.05, 4.69) is 17.4 Å². The molecule has 3 heteroatoms. The molecular formula is C18H17NO2. The number of carbonyl (C=O) groups is 1. The van der Waals surface area contributed by atoms with E-state index in [1.54, 1.807) is 0 Å². The number of hydrogen-bond donors (Lipinski definition) is 1. The molecule has 0 aliphatic carbocycles. The van der Waals surface area contributed by atoms with Gasteiger partial charge in [-0.25, -0.2) is 0 Å². The maximum absolute atomic E-state index is 12.5. The molecule has 0 bridgehead atoms. The van der Waals surface area contributed by atoms with E-state index in [0.29, 0.717) is 6.42 Å². The van der Waals surface area contributed by atoms with Crippen molar-refractivity contribution in [1.82, 2.24) is 0 Å². The van der Waals surface area contributed by atoms with Gasteiger partial charge in [-0.15, -0.1) is 0 Å². The summed E-state index contributed by atoms with van der Waals surface area (Å²) in [6, 6.07) is 14.1. The summed E-state index contributed by atoms with van der Waals surface area (Å²) >= 11 is 0. The topological polar surface area (TPSA) is 38.3 Å². The first-order valence-corrected chi connectivity index (χ1v) is 7.43. The molecular weight excluding hydrogens is 262 g/mol. The van der Waals surface area contributed by atoms with Crippen LogP contribution in [0.5, 0.6) is 5.75 Å². The zero-order chi connectivity index (χ0) is 14.2. The summed E-state index contributed by atoms with van der Waals surface area (Å²) in [6.07, 6.45) is 1.47. The Bertz CT molecular complexity index is 708. The van der Waals surface area contributed by atoms with Crippen molar-refractivity contribution in [2.75, 3.05) is 18.5 Å². The lowest BCUT2D eigenvalue weighted by Crippen LogP contribution is -2.09. The first-order chi connectivity index (χ1) is 10.3. The summed E-state index contributed by atoms with van der Waals surface area (Å²) in [5.41, 5.74) is 4.39. The molecule has 0 saturated carbocycles. The van der Waals surface area contributed by atoms with Crippen LogP contribution >= 0.6 is 0 Å². The minimum absolute atomic E-state index is 0.216. The quantitative estimate of drug-likeness (QED) is 0.875. The van der Waals surface area contributed by atoms with E-state index in [1.807, 2.05) is 30.3 Å². The van der Waals surface area contributed by atoms with Crippen LogP contribution in [0, 0.1) is 0 Å². The van der Waals surface area contributed by atoms with Crippen LogP contribution in [-0.4, -0.2) is 18.9 Å². The second kappa shape index (κ2) is 4.92. The fraction of sp³-hybridized carbons (Fsp3) is 0.278. The summed E-state index contributed by atoms with van der Waals surface area (Å²) in [7, 11) is 0. The summed E-state index contributed by atoms with van der Waals surface area (Å²) in [6.45, 7) is 1.58. The van der Waals surface area contributed by atoms with Crippen LogP contribution in [0.2, 0.25) is 0 Å². The Labute approximate surface area is 123 Å². The van der Waals surface area contributed by atoms with E-state index in [9.17, 15) is 4.79 Å². The molecule has 0 amide bonds. The largest absolute Gasteiger partial charge is 0.493 e. The van der Waals surface area contributed by atoms with Crippen LogP contribution in [-0.2, 0) is 6.42 Å². The predicted octanol–water partition coefficient (Wildman–Crippen LogP) is 3.40. The number of carbonyl (C=O) groups excluding carboxylic acids is 1. The second-order valence-corrected chi connectivity index (χ2v) is 5.71. The third kappa shape index (κ3) is 2.19. The van der Waals surface area contributed by atoms with Gasteiger partial charge < -0.3 is 10.1 Å². The van der Waals surface area contributed by atoms with Crippen molar-refractivity contribution in [3.05, 3.63) is 59.2 Å². The smallest absolute Gasteiger partial charge is 0.163 e. The third-order valence-electron chi connectivity index (χ3n) is 4.38. The minimum atomic E-state index is 0.216. The second-order valence-electron chi connectivity index (χ2n) is 5.71. The van der Waals surface area contributed by atoms with Gasteiger partial charge in [0.25, 0.3) is 0 Å². The van der Waals surface area contributed by atoms with E-state index in [-0.39, 0.29) is 11.7 Å². The first kappa shape index (κ1) is 12.5. The highest BCUT2D eigenvalue weighted by Gasteiger charge is 2.25. The standard InChI is InChI=1S/C18H17NO2/c20-17(12-5-6-18-13(9-12)7-8-21-18)10-14-11-19-16-4-2-1-3-15(14)16/h1-6,9,14,19H,7-8,10-11H2. The van der Waals surface area contributed by atoms with Gasteiger partial charge in [0, 0.05) is 36.6 Å². The van der Waals surface area contributed by atoms with Crippen molar-refractivity contribution in [2.24, 2.45) is 0 Å². The average molecular weight is 279 g/mol. The molecule has 2 aliphatic heterocycles. The van der Waals surface area contributed by atoms with Crippen molar-refractivity contribution >= 4 is 11.5 Å². The van der Waals surface area contributed by atoms with Gasteiger partial charge in [0.15, 0.2) is 5.78 Å². The molecule has 106 valence electrons. The SMILES string of the molecule is O=C(CC1CNc2ccccc21)c1ccc2c(c1)CCO2. The highest BCUT2D eigenvalue weighted by molar-refractivity contribution is 5.97. The predicted molar refractivity (Wildman–Crippen MR) is 82.3 cm³/mol. The van der Waals surface area contributed by atoms with E-state index in [4.69, 9.17) is 4.74 Å². The fourth-order valence-corrected chi connectivity index (χ4v) is 3.24. The van der Waals surface area contributed by atoms with Crippen molar-refractivity contribution in [1.29, 1.82) is 0 Å². The molecule has 0 saturated heterocycles.